The second-order valence-electron chi connectivity index (χ2n) is 3.43. The molecule has 0 aliphatic carbocycles. The van der Waals surface area contributed by atoms with Crippen LogP contribution in [0.5, 0.6) is 0 Å². The molecule has 14 heavy (non-hydrogen) atoms. The normalized spacial score (nSPS) is 11.1. The molecule has 0 fully saturated rings. The summed E-state index contributed by atoms with van der Waals surface area (Å²) >= 11 is 3.56. The number of rotatable bonds is 2. The van der Waals surface area contributed by atoms with Crippen molar-refractivity contribution >= 4 is 26.8 Å². The SMILES string of the molecule is Cc1cccc2c(Br)cn(CCN)c12. The number of halogens is 1. The van der Waals surface area contributed by atoms with Gasteiger partial charge in [0.15, 0.2) is 0 Å². The zero-order valence-corrected chi connectivity index (χ0v) is 9.71. The van der Waals surface area contributed by atoms with Crippen molar-refractivity contribution in [3.8, 4) is 0 Å². The minimum Gasteiger partial charge on any atom is -0.345 e. The van der Waals surface area contributed by atoms with Crippen LogP contribution >= 0.6 is 15.9 Å². The molecule has 1 heterocycles. The highest BCUT2D eigenvalue weighted by Crippen LogP contribution is 2.28. The van der Waals surface area contributed by atoms with Gasteiger partial charge in [-0.3, -0.25) is 0 Å². The van der Waals surface area contributed by atoms with Gasteiger partial charge >= 0.3 is 0 Å². The van der Waals surface area contributed by atoms with Crippen molar-refractivity contribution in [2.24, 2.45) is 5.73 Å². The van der Waals surface area contributed by atoms with E-state index in [4.69, 9.17) is 5.73 Å². The minimum atomic E-state index is 0.671. The van der Waals surface area contributed by atoms with E-state index in [1.165, 1.54) is 16.5 Å². The largest absolute Gasteiger partial charge is 0.345 e. The summed E-state index contributed by atoms with van der Waals surface area (Å²) in [4.78, 5) is 0. The van der Waals surface area contributed by atoms with Crippen LogP contribution in [-0.4, -0.2) is 11.1 Å². The number of aryl methyl sites for hydroxylation is 1. The minimum absolute atomic E-state index is 0.671. The quantitative estimate of drug-likeness (QED) is 0.876. The van der Waals surface area contributed by atoms with E-state index >= 15 is 0 Å². The first-order valence-corrected chi connectivity index (χ1v) is 5.47. The first-order chi connectivity index (χ1) is 6.74. The van der Waals surface area contributed by atoms with Crippen molar-refractivity contribution in [1.29, 1.82) is 0 Å². The average molecular weight is 253 g/mol. The molecular weight excluding hydrogens is 240 g/mol. The van der Waals surface area contributed by atoms with Crippen LogP contribution < -0.4 is 5.73 Å². The Kier molecular flexibility index (Phi) is 2.61. The Hall–Kier alpha value is -0.800. The Morgan fingerprint density at radius 3 is 2.93 bits per heavy atom. The monoisotopic (exact) mass is 252 g/mol. The Labute approximate surface area is 91.8 Å². The Morgan fingerprint density at radius 2 is 2.21 bits per heavy atom. The lowest BCUT2D eigenvalue weighted by molar-refractivity contribution is 0.733. The predicted octanol–water partition coefficient (Wildman–Crippen LogP) is 2.67. The van der Waals surface area contributed by atoms with Crippen molar-refractivity contribution < 1.29 is 0 Å². The smallest absolute Gasteiger partial charge is 0.0522 e. The molecule has 2 nitrogen and oxygen atoms in total. The van der Waals surface area contributed by atoms with Crippen LogP contribution in [0.15, 0.2) is 28.9 Å². The third-order valence-corrected chi connectivity index (χ3v) is 3.05. The molecule has 1 aromatic heterocycles. The molecule has 2 rings (SSSR count). The van der Waals surface area contributed by atoms with Crippen LogP contribution in [0, 0.1) is 6.92 Å². The van der Waals surface area contributed by atoms with Gasteiger partial charge in [0.25, 0.3) is 0 Å². The van der Waals surface area contributed by atoms with Crippen molar-refractivity contribution in [3.05, 3.63) is 34.4 Å². The Balaban J connectivity index is 2.72. The van der Waals surface area contributed by atoms with Gasteiger partial charge in [-0.25, -0.2) is 0 Å². The van der Waals surface area contributed by atoms with Gasteiger partial charge in [0, 0.05) is 29.1 Å². The molecule has 3 heteroatoms. The van der Waals surface area contributed by atoms with Crippen LogP contribution in [0.3, 0.4) is 0 Å². The highest BCUT2D eigenvalue weighted by molar-refractivity contribution is 9.10. The van der Waals surface area contributed by atoms with E-state index < -0.39 is 0 Å². The molecule has 2 N–H and O–H groups in total. The number of fused-ring (bicyclic) bond motifs is 1. The molecule has 0 saturated carbocycles. The maximum Gasteiger partial charge on any atom is 0.0522 e. The second-order valence-corrected chi connectivity index (χ2v) is 4.28. The maximum absolute atomic E-state index is 5.57. The maximum atomic E-state index is 5.57. The molecule has 0 aliphatic heterocycles. The summed E-state index contributed by atoms with van der Waals surface area (Å²) in [6.45, 7) is 3.67. The molecule has 0 atom stereocenters. The molecular formula is C11H13BrN2. The molecule has 0 aliphatic rings. The second kappa shape index (κ2) is 3.75. The summed E-state index contributed by atoms with van der Waals surface area (Å²) in [5.41, 5.74) is 8.15. The van der Waals surface area contributed by atoms with E-state index in [1.807, 2.05) is 0 Å². The fourth-order valence-corrected chi connectivity index (χ4v) is 2.39. The zero-order valence-electron chi connectivity index (χ0n) is 8.13. The van der Waals surface area contributed by atoms with E-state index in [0.717, 1.165) is 11.0 Å². The van der Waals surface area contributed by atoms with Gasteiger partial charge in [-0.2, -0.15) is 0 Å². The first kappa shape index (κ1) is 9.74. The molecule has 0 bridgehead atoms. The summed E-state index contributed by atoms with van der Waals surface area (Å²) in [5.74, 6) is 0. The van der Waals surface area contributed by atoms with Gasteiger partial charge in [-0.15, -0.1) is 0 Å². The number of hydrogen-bond donors (Lipinski definition) is 1. The molecule has 0 unspecified atom stereocenters. The first-order valence-electron chi connectivity index (χ1n) is 4.68. The molecule has 0 amide bonds. The fraction of sp³-hybridized carbons (Fsp3) is 0.273. The van der Waals surface area contributed by atoms with Crippen LogP contribution in [0.1, 0.15) is 5.56 Å². The van der Waals surface area contributed by atoms with E-state index in [-0.39, 0.29) is 0 Å². The number of benzene rings is 1. The van der Waals surface area contributed by atoms with E-state index in [0.29, 0.717) is 6.54 Å². The topological polar surface area (TPSA) is 30.9 Å². The molecule has 74 valence electrons. The number of nitrogens with zero attached hydrogens (tertiary/aromatic N) is 1. The van der Waals surface area contributed by atoms with Crippen LogP contribution in [0.4, 0.5) is 0 Å². The molecule has 0 spiro atoms. The Morgan fingerprint density at radius 1 is 1.43 bits per heavy atom. The highest BCUT2D eigenvalue weighted by Gasteiger charge is 2.07. The van der Waals surface area contributed by atoms with Gasteiger partial charge in [-0.1, -0.05) is 18.2 Å². The van der Waals surface area contributed by atoms with Gasteiger partial charge in [0.2, 0.25) is 0 Å². The lowest BCUT2D eigenvalue weighted by atomic mass is 10.2. The summed E-state index contributed by atoms with van der Waals surface area (Å²) in [6, 6.07) is 6.33. The molecule has 1 aromatic carbocycles. The summed E-state index contributed by atoms with van der Waals surface area (Å²) in [7, 11) is 0. The van der Waals surface area contributed by atoms with Crippen molar-refractivity contribution in [1.82, 2.24) is 4.57 Å². The molecule has 0 saturated heterocycles. The number of nitrogens with two attached hydrogens (primary N) is 1. The summed E-state index contributed by atoms with van der Waals surface area (Å²) < 4.78 is 3.35. The molecule has 2 aromatic rings. The predicted molar refractivity (Wildman–Crippen MR) is 63.4 cm³/mol. The van der Waals surface area contributed by atoms with Crippen molar-refractivity contribution in [2.45, 2.75) is 13.5 Å². The van der Waals surface area contributed by atoms with Crippen LogP contribution in [0.25, 0.3) is 10.9 Å². The van der Waals surface area contributed by atoms with Crippen molar-refractivity contribution in [2.75, 3.05) is 6.54 Å². The number of para-hydroxylation sites is 1. The highest BCUT2D eigenvalue weighted by atomic mass is 79.9. The van der Waals surface area contributed by atoms with Crippen LogP contribution in [0.2, 0.25) is 0 Å². The number of hydrogen-bond acceptors (Lipinski definition) is 1. The van der Waals surface area contributed by atoms with E-state index in [2.05, 4.69) is 51.8 Å². The van der Waals surface area contributed by atoms with Crippen LogP contribution in [-0.2, 0) is 6.54 Å². The van der Waals surface area contributed by atoms with Gasteiger partial charge in [0.05, 0.1) is 5.52 Å². The van der Waals surface area contributed by atoms with Gasteiger partial charge in [-0.05, 0) is 28.4 Å². The standard InChI is InChI=1S/C11H13BrN2/c1-8-3-2-4-9-10(12)7-14(6-5-13)11(8)9/h2-4,7H,5-6,13H2,1H3. The third-order valence-electron chi connectivity index (χ3n) is 2.42. The van der Waals surface area contributed by atoms with Gasteiger partial charge < -0.3 is 10.3 Å². The lowest BCUT2D eigenvalue weighted by Gasteiger charge is -2.04. The van der Waals surface area contributed by atoms with Gasteiger partial charge in [0.1, 0.15) is 0 Å². The summed E-state index contributed by atoms with van der Waals surface area (Å²) in [6.07, 6.45) is 2.10. The number of aromatic nitrogens is 1. The average Bonchev–Trinajstić information content (AvgIpc) is 2.46. The zero-order chi connectivity index (χ0) is 10.1. The van der Waals surface area contributed by atoms with Crippen molar-refractivity contribution in [3.63, 3.8) is 0 Å². The summed E-state index contributed by atoms with van der Waals surface area (Å²) in [5, 5.41) is 1.26. The molecule has 0 radical (unpaired) electrons. The lowest BCUT2D eigenvalue weighted by Crippen LogP contribution is -2.08. The van der Waals surface area contributed by atoms with E-state index in [1.54, 1.807) is 0 Å². The fourth-order valence-electron chi connectivity index (χ4n) is 1.82. The van der Waals surface area contributed by atoms with E-state index in [9.17, 15) is 0 Å². The third kappa shape index (κ3) is 1.47. The Bertz CT molecular complexity index is 460.